The number of amides is 1. The maximum Gasteiger partial charge on any atom is 0.233 e. The second-order valence-corrected chi connectivity index (χ2v) is 3.74. The zero-order valence-corrected chi connectivity index (χ0v) is 9.86. The van der Waals surface area contributed by atoms with E-state index in [9.17, 15) is 15.0 Å². The minimum Gasteiger partial charge on any atom is -0.504 e. The Morgan fingerprint density at radius 3 is 2.82 bits per heavy atom. The Labute approximate surface area is 100 Å². The summed E-state index contributed by atoms with van der Waals surface area (Å²) in [5.74, 6) is -0.375. The second kappa shape index (κ2) is 6.75. The minimum atomic E-state index is -0.153. The van der Waals surface area contributed by atoms with Crippen LogP contribution in [0.1, 0.15) is 18.9 Å². The van der Waals surface area contributed by atoms with E-state index in [2.05, 4.69) is 10.6 Å². The average molecular weight is 238 g/mol. The quantitative estimate of drug-likeness (QED) is 0.550. The van der Waals surface area contributed by atoms with Gasteiger partial charge in [-0.05, 0) is 12.5 Å². The van der Waals surface area contributed by atoms with Crippen molar-refractivity contribution in [2.24, 2.45) is 0 Å². The van der Waals surface area contributed by atoms with Gasteiger partial charge in [0.05, 0.1) is 6.54 Å². The van der Waals surface area contributed by atoms with Crippen molar-refractivity contribution in [3.05, 3.63) is 23.8 Å². The third kappa shape index (κ3) is 4.32. The third-order valence-electron chi connectivity index (χ3n) is 2.27. The first-order valence-corrected chi connectivity index (χ1v) is 5.62. The van der Waals surface area contributed by atoms with Crippen molar-refractivity contribution in [2.45, 2.75) is 19.9 Å². The molecule has 0 radical (unpaired) electrons. The van der Waals surface area contributed by atoms with Gasteiger partial charge in [-0.25, -0.2) is 0 Å². The molecule has 0 aliphatic rings. The number of aromatic hydroxyl groups is 2. The minimum absolute atomic E-state index is 0.0773. The Morgan fingerprint density at radius 2 is 2.12 bits per heavy atom. The molecule has 0 saturated carbocycles. The Hall–Kier alpha value is -1.75. The average Bonchev–Trinajstić information content (AvgIpc) is 2.32. The number of rotatable bonds is 6. The molecule has 94 valence electrons. The highest BCUT2D eigenvalue weighted by atomic mass is 16.3. The SMILES string of the molecule is CCCNC(=O)CNCc1cccc(O)c1O. The summed E-state index contributed by atoms with van der Waals surface area (Å²) in [6, 6.07) is 4.74. The van der Waals surface area contributed by atoms with Crippen molar-refractivity contribution >= 4 is 5.91 Å². The first kappa shape index (κ1) is 13.3. The van der Waals surface area contributed by atoms with Crippen molar-refractivity contribution in [2.75, 3.05) is 13.1 Å². The van der Waals surface area contributed by atoms with Crippen LogP contribution in [0.15, 0.2) is 18.2 Å². The molecule has 4 N–H and O–H groups in total. The monoisotopic (exact) mass is 238 g/mol. The molecule has 0 aliphatic heterocycles. The van der Waals surface area contributed by atoms with E-state index in [0.717, 1.165) is 6.42 Å². The molecule has 1 aromatic carbocycles. The van der Waals surface area contributed by atoms with Crippen LogP contribution in [-0.4, -0.2) is 29.2 Å². The van der Waals surface area contributed by atoms with Crippen LogP contribution in [0.2, 0.25) is 0 Å². The summed E-state index contributed by atoms with van der Waals surface area (Å²) in [7, 11) is 0. The first-order valence-electron chi connectivity index (χ1n) is 5.62. The number of phenolic OH excluding ortho intramolecular Hbond substituents is 2. The highest BCUT2D eigenvalue weighted by molar-refractivity contribution is 5.77. The molecule has 0 aromatic heterocycles. The van der Waals surface area contributed by atoms with Crippen LogP contribution in [0.25, 0.3) is 0 Å². The van der Waals surface area contributed by atoms with Gasteiger partial charge in [0.1, 0.15) is 0 Å². The molecule has 5 nitrogen and oxygen atoms in total. The van der Waals surface area contributed by atoms with Crippen molar-refractivity contribution in [1.82, 2.24) is 10.6 Å². The number of hydrogen-bond acceptors (Lipinski definition) is 4. The summed E-state index contributed by atoms with van der Waals surface area (Å²) >= 11 is 0. The summed E-state index contributed by atoms with van der Waals surface area (Å²) in [5.41, 5.74) is 0.563. The van der Waals surface area contributed by atoms with Crippen LogP contribution in [0, 0.1) is 0 Å². The maximum atomic E-state index is 11.3. The highest BCUT2D eigenvalue weighted by Crippen LogP contribution is 2.27. The molecule has 0 spiro atoms. The molecule has 0 unspecified atom stereocenters. The Balaban J connectivity index is 2.36. The number of para-hydroxylation sites is 1. The molecular formula is C12H18N2O3. The molecule has 5 heteroatoms. The second-order valence-electron chi connectivity index (χ2n) is 3.74. The standard InChI is InChI=1S/C12H18N2O3/c1-2-6-14-11(16)8-13-7-9-4-3-5-10(15)12(9)17/h3-5,13,15,17H,2,6-8H2,1H3,(H,14,16). The van der Waals surface area contributed by atoms with E-state index in [1.54, 1.807) is 12.1 Å². The van der Waals surface area contributed by atoms with E-state index in [1.807, 2.05) is 6.92 Å². The Morgan fingerprint density at radius 1 is 1.35 bits per heavy atom. The normalized spacial score (nSPS) is 10.2. The molecule has 1 amide bonds. The fourth-order valence-corrected chi connectivity index (χ4v) is 1.36. The number of nitrogens with one attached hydrogen (secondary N) is 2. The van der Waals surface area contributed by atoms with E-state index in [1.165, 1.54) is 6.07 Å². The number of carbonyl (C=O) groups excluding carboxylic acids is 1. The van der Waals surface area contributed by atoms with Gasteiger partial charge in [-0.2, -0.15) is 0 Å². The Bertz CT molecular complexity index is 380. The summed E-state index contributed by atoms with van der Waals surface area (Å²) in [4.78, 5) is 11.3. The summed E-state index contributed by atoms with van der Waals surface area (Å²) in [5, 5.41) is 24.4. The Kier molecular flexibility index (Phi) is 5.29. The van der Waals surface area contributed by atoms with Crippen molar-refractivity contribution in [3.8, 4) is 11.5 Å². The molecule has 1 rings (SSSR count). The lowest BCUT2D eigenvalue weighted by Crippen LogP contribution is -2.33. The smallest absolute Gasteiger partial charge is 0.233 e. The van der Waals surface area contributed by atoms with Crippen LogP contribution in [0.4, 0.5) is 0 Å². The predicted molar refractivity (Wildman–Crippen MR) is 64.8 cm³/mol. The molecule has 0 saturated heterocycles. The fraction of sp³-hybridized carbons (Fsp3) is 0.417. The van der Waals surface area contributed by atoms with Gasteiger partial charge in [0, 0.05) is 18.7 Å². The molecule has 17 heavy (non-hydrogen) atoms. The highest BCUT2D eigenvalue weighted by Gasteiger charge is 2.06. The van der Waals surface area contributed by atoms with Crippen molar-refractivity contribution in [1.29, 1.82) is 0 Å². The van der Waals surface area contributed by atoms with E-state index >= 15 is 0 Å². The lowest BCUT2D eigenvalue weighted by Gasteiger charge is -2.08. The number of benzene rings is 1. The molecule has 1 aromatic rings. The van der Waals surface area contributed by atoms with Crippen LogP contribution >= 0.6 is 0 Å². The summed E-state index contributed by atoms with van der Waals surface area (Å²) in [6.45, 7) is 3.17. The molecule has 0 aliphatic carbocycles. The molecule has 0 atom stereocenters. The van der Waals surface area contributed by atoms with Crippen molar-refractivity contribution < 1.29 is 15.0 Å². The van der Waals surface area contributed by atoms with E-state index in [0.29, 0.717) is 18.7 Å². The van der Waals surface area contributed by atoms with E-state index in [4.69, 9.17) is 0 Å². The zero-order chi connectivity index (χ0) is 12.7. The molecule has 0 bridgehead atoms. The van der Waals surface area contributed by atoms with Gasteiger partial charge in [-0.15, -0.1) is 0 Å². The third-order valence-corrected chi connectivity index (χ3v) is 2.27. The topological polar surface area (TPSA) is 81.6 Å². The van der Waals surface area contributed by atoms with Crippen LogP contribution in [0.5, 0.6) is 11.5 Å². The lowest BCUT2D eigenvalue weighted by molar-refractivity contribution is -0.120. The lowest BCUT2D eigenvalue weighted by atomic mass is 10.2. The van der Waals surface area contributed by atoms with Gasteiger partial charge in [0.15, 0.2) is 11.5 Å². The largest absolute Gasteiger partial charge is 0.504 e. The number of phenols is 2. The van der Waals surface area contributed by atoms with Gasteiger partial charge >= 0.3 is 0 Å². The molecule has 0 heterocycles. The first-order chi connectivity index (χ1) is 8.15. The molecule has 0 fully saturated rings. The van der Waals surface area contributed by atoms with E-state index in [-0.39, 0.29) is 24.0 Å². The van der Waals surface area contributed by atoms with Crippen LogP contribution in [0.3, 0.4) is 0 Å². The van der Waals surface area contributed by atoms with Gasteiger partial charge in [0.25, 0.3) is 0 Å². The number of carbonyl (C=O) groups is 1. The van der Waals surface area contributed by atoms with Gasteiger partial charge in [0.2, 0.25) is 5.91 Å². The number of hydrogen-bond donors (Lipinski definition) is 4. The summed E-state index contributed by atoms with van der Waals surface area (Å²) < 4.78 is 0. The maximum absolute atomic E-state index is 11.3. The van der Waals surface area contributed by atoms with Gasteiger partial charge < -0.3 is 20.8 Å². The van der Waals surface area contributed by atoms with E-state index < -0.39 is 0 Å². The molecular weight excluding hydrogens is 220 g/mol. The van der Waals surface area contributed by atoms with Crippen molar-refractivity contribution in [3.63, 3.8) is 0 Å². The van der Waals surface area contributed by atoms with Crippen LogP contribution < -0.4 is 10.6 Å². The fourth-order valence-electron chi connectivity index (χ4n) is 1.36. The zero-order valence-electron chi connectivity index (χ0n) is 9.86. The van der Waals surface area contributed by atoms with Crippen LogP contribution in [-0.2, 0) is 11.3 Å². The predicted octanol–water partition coefficient (Wildman–Crippen LogP) is 0.714. The van der Waals surface area contributed by atoms with Gasteiger partial charge in [-0.1, -0.05) is 19.1 Å². The summed E-state index contributed by atoms with van der Waals surface area (Å²) in [6.07, 6.45) is 0.902. The van der Waals surface area contributed by atoms with Gasteiger partial charge in [-0.3, -0.25) is 4.79 Å².